The lowest BCUT2D eigenvalue weighted by atomic mass is 10.0. The molecular formula is C92H155NO8. The molecule has 2 unspecified atom stereocenters. The van der Waals surface area contributed by atoms with E-state index in [2.05, 4.69) is 172 Å². The first-order valence-electron chi connectivity index (χ1n) is 41.6. The van der Waals surface area contributed by atoms with E-state index in [9.17, 15) is 19.5 Å². The van der Waals surface area contributed by atoms with E-state index in [1.165, 1.54) is 193 Å². The molecular weight excluding hydrogens is 1250 g/mol. The van der Waals surface area contributed by atoms with Crippen molar-refractivity contribution in [3.63, 3.8) is 0 Å². The zero-order valence-electron chi connectivity index (χ0n) is 66.0. The van der Waals surface area contributed by atoms with Crippen molar-refractivity contribution in [2.75, 3.05) is 47.5 Å². The van der Waals surface area contributed by atoms with Gasteiger partial charge in [0.1, 0.15) is 13.2 Å². The zero-order valence-corrected chi connectivity index (χ0v) is 66.0. The molecule has 2 atom stereocenters. The van der Waals surface area contributed by atoms with Gasteiger partial charge in [0.15, 0.2) is 12.4 Å². The van der Waals surface area contributed by atoms with Crippen LogP contribution in [0.1, 0.15) is 348 Å². The van der Waals surface area contributed by atoms with Gasteiger partial charge in [0, 0.05) is 12.8 Å². The molecule has 0 N–H and O–H groups in total. The van der Waals surface area contributed by atoms with Crippen molar-refractivity contribution in [2.24, 2.45) is 0 Å². The average Bonchev–Trinajstić information content (AvgIpc) is 1.25. The minimum absolute atomic E-state index is 0.136. The molecule has 0 aliphatic rings. The number of nitrogens with zero attached hydrogens (tertiary/aromatic N) is 1. The van der Waals surface area contributed by atoms with E-state index in [1.807, 2.05) is 21.1 Å². The molecule has 9 heteroatoms. The number of hydrogen-bond donors (Lipinski definition) is 0. The first-order chi connectivity index (χ1) is 49.6. The van der Waals surface area contributed by atoms with Crippen LogP contribution in [-0.4, -0.2) is 82.3 Å². The van der Waals surface area contributed by atoms with E-state index < -0.39 is 24.3 Å². The number of hydrogen-bond acceptors (Lipinski definition) is 8. The predicted octanol–water partition coefficient (Wildman–Crippen LogP) is 25.8. The third-order valence-corrected chi connectivity index (χ3v) is 17.8. The highest BCUT2D eigenvalue weighted by molar-refractivity contribution is 5.70. The number of carbonyl (C=O) groups is 3. The van der Waals surface area contributed by atoms with Gasteiger partial charge in [-0.1, -0.05) is 364 Å². The van der Waals surface area contributed by atoms with E-state index in [1.54, 1.807) is 0 Å². The van der Waals surface area contributed by atoms with Crippen LogP contribution in [0.3, 0.4) is 0 Å². The molecule has 0 rings (SSSR count). The molecule has 0 bridgehead atoms. The second-order valence-corrected chi connectivity index (χ2v) is 28.7. The van der Waals surface area contributed by atoms with Gasteiger partial charge in [-0.05, 0) is 128 Å². The summed E-state index contributed by atoms with van der Waals surface area (Å²) >= 11 is 0. The molecule has 0 amide bonds. The van der Waals surface area contributed by atoms with Gasteiger partial charge in [0.2, 0.25) is 0 Å². The Kier molecular flexibility index (Phi) is 76.5. The number of ether oxygens (including phenoxy) is 4. The van der Waals surface area contributed by atoms with Crippen LogP contribution in [0.15, 0.2) is 158 Å². The molecule has 0 aliphatic carbocycles. The summed E-state index contributed by atoms with van der Waals surface area (Å²) in [5.74, 6) is -2.32. The number of allylic oxidation sites excluding steroid dienone is 26. The highest BCUT2D eigenvalue weighted by Crippen LogP contribution is 2.18. The molecule has 0 aromatic heterocycles. The maximum Gasteiger partial charge on any atom is 0.306 e. The Morgan fingerprint density at radius 2 is 0.564 bits per heavy atom. The molecule has 0 radical (unpaired) electrons. The monoisotopic (exact) mass is 1400 g/mol. The number of likely N-dealkylation sites (N-methyl/N-ethyl adjacent to an activating group) is 1. The molecule has 9 nitrogen and oxygen atoms in total. The third kappa shape index (κ3) is 82.1. The van der Waals surface area contributed by atoms with Gasteiger partial charge in [-0.3, -0.25) is 9.59 Å². The van der Waals surface area contributed by atoms with Crippen molar-refractivity contribution in [1.82, 2.24) is 0 Å². The van der Waals surface area contributed by atoms with Gasteiger partial charge < -0.3 is 33.3 Å². The van der Waals surface area contributed by atoms with Crippen molar-refractivity contribution >= 4 is 17.9 Å². The molecule has 0 saturated heterocycles. The Balaban J connectivity index is 4.07. The summed E-state index contributed by atoms with van der Waals surface area (Å²) in [5, 5.41) is 11.9. The van der Waals surface area contributed by atoms with Crippen molar-refractivity contribution in [3.05, 3.63) is 158 Å². The fourth-order valence-electron chi connectivity index (χ4n) is 11.5. The summed E-state index contributed by atoms with van der Waals surface area (Å²) in [4.78, 5) is 37.6. The van der Waals surface area contributed by atoms with Crippen LogP contribution in [0.5, 0.6) is 0 Å². The highest BCUT2D eigenvalue weighted by Gasteiger charge is 2.22. The number of unbranched alkanes of at least 4 members (excludes halogenated alkanes) is 35. The van der Waals surface area contributed by atoms with Crippen LogP contribution in [0.25, 0.3) is 0 Å². The van der Waals surface area contributed by atoms with Crippen LogP contribution >= 0.6 is 0 Å². The van der Waals surface area contributed by atoms with Crippen molar-refractivity contribution in [2.45, 2.75) is 360 Å². The summed E-state index contributed by atoms with van der Waals surface area (Å²) in [6.07, 6.45) is 117. The topological polar surface area (TPSA) is 111 Å². The molecule has 0 saturated carbocycles. The van der Waals surface area contributed by atoms with Crippen LogP contribution < -0.4 is 5.11 Å². The van der Waals surface area contributed by atoms with E-state index in [0.717, 1.165) is 122 Å². The second kappa shape index (κ2) is 80.6. The predicted molar refractivity (Wildman–Crippen MR) is 435 cm³/mol. The first-order valence-corrected chi connectivity index (χ1v) is 41.6. The van der Waals surface area contributed by atoms with Gasteiger partial charge in [-0.15, -0.1) is 0 Å². The van der Waals surface area contributed by atoms with Crippen LogP contribution in [0.4, 0.5) is 0 Å². The molecule has 101 heavy (non-hydrogen) atoms. The Bertz CT molecular complexity index is 2230. The summed E-state index contributed by atoms with van der Waals surface area (Å²) in [5.41, 5.74) is 0. The van der Waals surface area contributed by atoms with E-state index in [0.29, 0.717) is 17.4 Å². The number of carboxylic acids is 1. The summed E-state index contributed by atoms with van der Waals surface area (Å²) in [6, 6.07) is 0. The molecule has 576 valence electrons. The molecule has 0 aromatic rings. The average molecular weight is 1400 g/mol. The van der Waals surface area contributed by atoms with Gasteiger partial charge in [-0.25, -0.2) is 0 Å². The fourth-order valence-corrected chi connectivity index (χ4v) is 11.5. The Hall–Kier alpha value is -5.09. The molecule has 0 spiro atoms. The van der Waals surface area contributed by atoms with Crippen LogP contribution in [0.2, 0.25) is 0 Å². The Morgan fingerprint density at radius 3 is 0.842 bits per heavy atom. The highest BCUT2D eigenvalue weighted by atomic mass is 16.7. The Morgan fingerprint density at radius 1 is 0.307 bits per heavy atom. The number of carboxylic acid groups (broad SMARTS) is 1. The minimum atomic E-state index is -1.64. The van der Waals surface area contributed by atoms with Gasteiger partial charge in [-0.2, -0.15) is 0 Å². The lowest BCUT2D eigenvalue weighted by Crippen LogP contribution is -2.44. The molecule has 0 aromatic carbocycles. The van der Waals surface area contributed by atoms with Crippen molar-refractivity contribution < 1.29 is 42.9 Å². The number of quaternary nitrogens is 1. The smallest absolute Gasteiger partial charge is 0.306 e. The van der Waals surface area contributed by atoms with E-state index in [4.69, 9.17) is 18.9 Å². The fraction of sp³-hybridized carbons (Fsp3) is 0.685. The molecule has 0 fully saturated rings. The number of esters is 2. The number of carbonyl (C=O) groups excluding carboxylic acids is 3. The van der Waals surface area contributed by atoms with E-state index >= 15 is 0 Å². The Labute approximate surface area is 623 Å². The third-order valence-electron chi connectivity index (χ3n) is 17.8. The van der Waals surface area contributed by atoms with Crippen LogP contribution in [-0.2, 0) is 33.3 Å². The number of rotatable bonds is 76. The second-order valence-electron chi connectivity index (χ2n) is 28.7. The summed E-state index contributed by atoms with van der Waals surface area (Å²) in [6.45, 7) is 4.61. The molecule has 0 aliphatic heterocycles. The standard InChI is InChI=1S/C92H155NO8/c1-6-8-10-12-14-16-18-20-22-24-26-28-30-32-34-36-38-40-42-43-44-45-46-47-49-50-52-54-56-58-60-62-64-66-68-70-72-74-76-78-80-82-89(94)99-86-88(87-100-92(91(96)97)98-85-84-93(3,4)5)101-90(95)83-81-79-77-75-73-71-69-67-65-63-61-59-57-55-53-51-48-41-39-37-35-33-31-29-27-25-23-21-19-17-15-13-11-9-7-2/h9,11,15,17-18,20-21,23-24,26-27,29-30,32-33,35,39,41,51,53,57,59,63,65,69,71,88,92H,6-8,10,12-14,16,19,22,25,28,31,34,36-38,40,42-50,52,54-56,58,60-62,64,66-68,70,72-87H2,1-5H3/b11-9-,17-15-,20-18-,23-21-,26-24-,29-27-,32-30-,35-33-,41-39-,53-51-,59-57-,65-63-,71-69-. The van der Waals surface area contributed by atoms with Gasteiger partial charge in [0.05, 0.1) is 40.3 Å². The number of aliphatic carboxylic acids is 1. The first kappa shape index (κ1) is 95.9. The molecule has 0 heterocycles. The maximum absolute atomic E-state index is 13.0. The van der Waals surface area contributed by atoms with Crippen molar-refractivity contribution in [1.29, 1.82) is 0 Å². The van der Waals surface area contributed by atoms with Gasteiger partial charge >= 0.3 is 11.9 Å². The van der Waals surface area contributed by atoms with Gasteiger partial charge in [0.25, 0.3) is 0 Å². The van der Waals surface area contributed by atoms with Crippen molar-refractivity contribution in [3.8, 4) is 0 Å². The zero-order chi connectivity index (χ0) is 73.2. The summed E-state index contributed by atoms with van der Waals surface area (Å²) < 4.78 is 22.8. The largest absolute Gasteiger partial charge is 0.545 e. The quantitative estimate of drug-likeness (QED) is 0.0195. The maximum atomic E-state index is 13.0. The van der Waals surface area contributed by atoms with E-state index in [-0.39, 0.29) is 38.6 Å². The SMILES string of the molecule is CC/C=C\C/C=C\C/C=C\C/C=C\C/C=C\C/C=C\C/C=C\C/C=C\C/C=C\C/C=C\CCCCCCC(=O)OC(COC(=O)CCCCCCCCCCCCCCCCCCCCCCCCCCCC/C=C\C/C=C\C/C=C\CCCCCCC)COC(OCC[N+](C)(C)C)C(=O)[O-]. The normalized spacial score (nSPS) is 13.5. The summed E-state index contributed by atoms with van der Waals surface area (Å²) in [7, 11) is 5.92. The lowest BCUT2D eigenvalue weighted by molar-refractivity contribution is -0.870. The van der Waals surface area contributed by atoms with Crippen LogP contribution in [0, 0.1) is 0 Å². The lowest BCUT2D eigenvalue weighted by Gasteiger charge is -2.26. The minimum Gasteiger partial charge on any atom is -0.545 e.